The molecule has 4 rings (SSSR count). The number of hydrogen-bond acceptors (Lipinski definition) is 3. The van der Waals surface area contributed by atoms with Crippen molar-refractivity contribution in [2.24, 2.45) is 0 Å². The number of hydrogen-bond donors (Lipinski definition) is 1. The highest BCUT2D eigenvalue weighted by molar-refractivity contribution is 5.72. The average Bonchev–Trinajstić information content (AvgIpc) is 3.13. The largest absolute Gasteiger partial charge is 0.440 e. The highest BCUT2D eigenvalue weighted by Crippen LogP contribution is 2.53. The Kier molecular flexibility index (Phi) is 2.01. The lowest BCUT2D eigenvalue weighted by Gasteiger charge is -2.11. The molecular weight excluding hydrogens is 236 g/mol. The summed E-state index contributed by atoms with van der Waals surface area (Å²) in [4.78, 5) is 4.65. The van der Waals surface area contributed by atoms with Crippen LogP contribution in [-0.2, 0) is 5.41 Å². The third kappa shape index (κ3) is 1.55. The molecule has 0 atom stereocenters. The minimum absolute atomic E-state index is 0.0350. The predicted octanol–water partition coefficient (Wildman–Crippen LogP) is 3.49. The van der Waals surface area contributed by atoms with Gasteiger partial charge in [0.15, 0.2) is 5.58 Å². The van der Waals surface area contributed by atoms with Gasteiger partial charge in [-0.05, 0) is 42.7 Å². The van der Waals surface area contributed by atoms with Crippen LogP contribution >= 0.6 is 0 Å². The Morgan fingerprint density at radius 1 is 1.00 bits per heavy atom. The van der Waals surface area contributed by atoms with Crippen LogP contribution in [0.5, 0.6) is 0 Å². The zero-order valence-electron chi connectivity index (χ0n) is 10.5. The van der Waals surface area contributed by atoms with Gasteiger partial charge in [-0.3, -0.25) is 0 Å². The Hall–Kier alpha value is -2.29. The van der Waals surface area contributed by atoms with Crippen molar-refractivity contribution in [2.45, 2.75) is 18.3 Å². The summed E-state index contributed by atoms with van der Waals surface area (Å²) in [6.07, 6.45) is 2.17. The van der Waals surface area contributed by atoms with E-state index in [9.17, 15) is 0 Å². The quantitative estimate of drug-likeness (QED) is 0.708. The molecule has 3 heteroatoms. The van der Waals surface area contributed by atoms with Crippen molar-refractivity contribution in [3.05, 3.63) is 60.0 Å². The first-order valence-electron chi connectivity index (χ1n) is 6.50. The van der Waals surface area contributed by atoms with Crippen LogP contribution in [0.3, 0.4) is 0 Å². The third-order valence-electron chi connectivity index (χ3n) is 3.92. The zero-order chi connectivity index (χ0) is 12.9. The summed E-state index contributed by atoms with van der Waals surface area (Å²) in [6, 6.07) is 16.0. The van der Waals surface area contributed by atoms with E-state index >= 15 is 0 Å². The molecule has 2 N–H and O–H groups in total. The van der Waals surface area contributed by atoms with Gasteiger partial charge in [0.05, 0.1) is 5.41 Å². The van der Waals surface area contributed by atoms with E-state index in [2.05, 4.69) is 17.1 Å². The SMILES string of the molecule is Nc1ccc(C2(c3nc4ccccc4o3)CC2)cc1. The van der Waals surface area contributed by atoms with Crippen molar-refractivity contribution in [1.82, 2.24) is 4.98 Å². The van der Waals surface area contributed by atoms with Gasteiger partial charge in [-0.25, -0.2) is 4.98 Å². The summed E-state index contributed by atoms with van der Waals surface area (Å²) >= 11 is 0. The minimum Gasteiger partial charge on any atom is -0.440 e. The van der Waals surface area contributed by atoms with Crippen molar-refractivity contribution in [3.63, 3.8) is 0 Å². The van der Waals surface area contributed by atoms with E-state index in [0.717, 1.165) is 35.5 Å². The molecule has 19 heavy (non-hydrogen) atoms. The molecule has 1 aliphatic rings. The number of nitrogens with two attached hydrogens (primary N) is 1. The van der Waals surface area contributed by atoms with Crippen LogP contribution in [0.25, 0.3) is 11.1 Å². The Morgan fingerprint density at radius 2 is 1.74 bits per heavy atom. The molecule has 0 saturated heterocycles. The smallest absolute Gasteiger partial charge is 0.206 e. The van der Waals surface area contributed by atoms with Gasteiger partial charge in [-0.15, -0.1) is 0 Å². The molecule has 0 spiro atoms. The first-order valence-corrected chi connectivity index (χ1v) is 6.50. The summed E-state index contributed by atoms with van der Waals surface area (Å²) in [5.74, 6) is 0.832. The number of nitrogens with zero attached hydrogens (tertiary/aromatic N) is 1. The van der Waals surface area contributed by atoms with Crippen molar-refractivity contribution in [3.8, 4) is 0 Å². The Bertz CT molecular complexity index is 706. The van der Waals surface area contributed by atoms with Gasteiger partial charge < -0.3 is 10.2 Å². The first kappa shape index (κ1) is 10.6. The highest BCUT2D eigenvalue weighted by Gasteiger charge is 2.50. The third-order valence-corrected chi connectivity index (χ3v) is 3.92. The average molecular weight is 250 g/mol. The molecule has 1 heterocycles. The van der Waals surface area contributed by atoms with Crippen LogP contribution in [-0.4, -0.2) is 4.98 Å². The minimum atomic E-state index is -0.0350. The number of rotatable bonds is 2. The number of nitrogen functional groups attached to an aromatic ring is 1. The van der Waals surface area contributed by atoms with Gasteiger partial charge in [-0.1, -0.05) is 24.3 Å². The molecule has 1 saturated carbocycles. The molecule has 2 aromatic carbocycles. The second-order valence-corrected chi connectivity index (χ2v) is 5.19. The Morgan fingerprint density at radius 3 is 2.42 bits per heavy atom. The standard InChI is InChI=1S/C16H14N2O/c17-12-7-5-11(6-8-12)16(9-10-16)15-18-13-3-1-2-4-14(13)19-15/h1-8H,9-10,17H2. The fraction of sp³-hybridized carbons (Fsp3) is 0.188. The molecule has 1 aliphatic carbocycles. The van der Waals surface area contributed by atoms with Crippen LogP contribution in [0, 0.1) is 0 Å². The molecule has 3 aromatic rings. The van der Waals surface area contributed by atoms with E-state index in [4.69, 9.17) is 10.2 Å². The van der Waals surface area contributed by atoms with E-state index < -0.39 is 0 Å². The zero-order valence-corrected chi connectivity index (χ0v) is 10.5. The molecule has 0 aliphatic heterocycles. The Labute approximate surface area is 111 Å². The monoisotopic (exact) mass is 250 g/mol. The number of fused-ring (bicyclic) bond motifs is 1. The highest BCUT2D eigenvalue weighted by atomic mass is 16.3. The van der Waals surface area contributed by atoms with E-state index in [1.807, 2.05) is 36.4 Å². The second kappa shape index (κ2) is 3.60. The van der Waals surface area contributed by atoms with E-state index in [1.54, 1.807) is 0 Å². The number of oxazole rings is 1. The van der Waals surface area contributed by atoms with Crippen molar-refractivity contribution in [2.75, 3.05) is 5.73 Å². The molecular formula is C16H14N2O. The van der Waals surface area contributed by atoms with Crippen LogP contribution < -0.4 is 5.73 Å². The summed E-state index contributed by atoms with van der Waals surface area (Å²) in [5, 5.41) is 0. The van der Waals surface area contributed by atoms with Gasteiger partial charge in [0.1, 0.15) is 5.52 Å². The van der Waals surface area contributed by atoms with Gasteiger partial charge in [0.2, 0.25) is 5.89 Å². The predicted molar refractivity (Wildman–Crippen MR) is 74.9 cm³/mol. The van der Waals surface area contributed by atoms with Crippen LogP contribution in [0.2, 0.25) is 0 Å². The molecule has 1 fully saturated rings. The molecule has 94 valence electrons. The summed E-state index contributed by atoms with van der Waals surface area (Å²) < 4.78 is 5.94. The topological polar surface area (TPSA) is 52.0 Å². The van der Waals surface area contributed by atoms with Crippen LogP contribution in [0.1, 0.15) is 24.3 Å². The number of anilines is 1. The molecule has 0 unspecified atom stereocenters. The fourth-order valence-corrected chi connectivity index (χ4v) is 2.63. The number of benzene rings is 2. The lowest BCUT2D eigenvalue weighted by atomic mass is 9.96. The molecule has 0 bridgehead atoms. The molecule has 0 radical (unpaired) electrons. The maximum atomic E-state index is 5.94. The Balaban J connectivity index is 1.84. The summed E-state index contributed by atoms with van der Waals surface area (Å²) in [6.45, 7) is 0. The molecule has 1 aromatic heterocycles. The molecule has 0 amide bonds. The normalized spacial score (nSPS) is 16.6. The van der Waals surface area contributed by atoms with Crippen LogP contribution in [0.15, 0.2) is 52.9 Å². The van der Waals surface area contributed by atoms with Crippen LogP contribution in [0.4, 0.5) is 5.69 Å². The number of para-hydroxylation sites is 2. The van der Waals surface area contributed by atoms with Gasteiger partial charge in [0, 0.05) is 5.69 Å². The fourth-order valence-electron chi connectivity index (χ4n) is 2.63. The summed E-state index contributed by atoms with van der Waals surface area (Å²) in [5.41, 5.74) is 9.54. The maximum Gasteiger partial charge on any atom is 0.206 e. The van der Waals surface area contributed by atoms with Crippen molar-refractivity contribution >= 4 is 16.8 Å². The maximum absolute atomic E-state index is 5.94. The van der Waals surface area contributed by atoms with E-state index in [0.29, 0.717) is 0 Å². The van der Waals surface area contributed by atoms with E-state index in [1.165, 1.54) is 5.56 Å². The number of aromatic nitrogens is 1. The summed E-state index contributed by atoms with van der Waals surface area (Å²) in [7, 11) is 0. The van der Waals surface area contributed by atoms with Gasteiger partial charge in [-0.2, -0.15) is 0 Å². The van der Waals surface area contributed by atoms with Gasteiger partial charge >= 0.3 is 0 Å². The lowest BCUT2D eigenvalue weighted by molar-refractivity contribution is 0.492. The van der Waals surface area contributed by atoms with Gasteiger partial charge in [0.25, 0.3) is 0 Å². The second-order valence-electron chi connectivity index (χ2n) is 5.19. The van der Waals surface area contributed by atoms with Crippen molar-refractivity contribution in [1.29, 1.82) is 0 Å². The lowest BCUT2D eigenvalue weighted by Crippen LogP contribution is -2.08. The molecule has 3 nitrogen and oxygen atoms in total. The van der Waals surface area contributed by atoms with E-state index in [-0.39, 0.29) is 5.41 Å². The first-order chi connectivity index (χ1) is 9.28. The van der Waals surface area contributed by atoms with Crippen molar-refractivity contribution < 1.29 is 4.42 Å².